The van der Waals surface area contributed by atoms with E-state index in [4.69, 9.17) is 26.2 Å². The summed E-state index contributed by atoms with van der Waals surface area (Å²) >= 11 is 0. The van der Waals surface area contributed by atoms with Crippen LogP contribution >= 0.6 is 0 Å². The maximum Gasteiger partial charge on any atom is 0.449 e. The van der Waals surface area contributed by atoms with Gasteiger partial charge in [0, 0.05) is 37.1 Å². The van der Waals surface area contributed by atoms with E-state index >= 15 is 0 Å². The zero-order valence-corrected chi connectivity index (χ0v) is 26.3. The topological polar surface area (TPSA) is 161 Å². The summed E-state index contributed by atoms with van der Waals surface area (Å²) in [6.45, 7) is 9.28. The lowest BCUT2D eigenvalue weighted by atomic mass is 9.63. The number of benzene rings is 1. The van der Waals surface area contributed by atoms with Gasteiger partial charge in [-0.15, -0.1) is 0 Å². The highest BCUT2D eigenvalue weighted by Gasteiger charge is 2.65. The van der Waals surface area contributed by atoms with E-state index in [1.54, 1.807) is 6.07 Å². The number of amides is 2. The number of nitrogens with one attached hydrogen (secondary N) is 2. The predicted molar refractivity (Wildman–Crippen MR) is 165 cm³/mol. The minimum Gasteiger partial charge on any atom is -0.492 e. The van der Waals surface area contributed by atoms with Crippen molar-refractivity contribution in [3.8, 4) is 5.75 Å². The first kappa shape index (κ1) is 31.7. The Hall–Kier alpha value is -4.23. The SMILES string of the molecule is CCC1CC(N)=NC2[C@H](CNC(=O)c3coc(C(F)(F)F)c3)N=C(N)N3C[C@H](NC(=O)c4cccc5c4OCCC5(C)C)C(C)C123. The van der Waals surface area contributed by atoms with Crippen LogP contribution in [0.5, 0.6) is 5.75 Å². The lowest BCUT2D eigenvalue weighted by Gasteiger charge is -2.56. The summed E-state index contributed by atoms with van der Waals surface area (Å²) in [7, 11) is 0. The molecule has 6 rings (SSSR count). The zero-order chi connectivity index (χ0) is 33.2. The van der Waals surface area contributed by atoms with Crippen molar-refractivity contribution >= 4 is 23.6 Å². The van der Waals surface area contributed by atoms with Crippen molar-refractivity contribution in [2.24, 2.45) is 33.3 Å². The molecule has 6 N–H and O–H groups in total. The molecule has 5 heterocycles. The summed E-state index contributed by atoms with van der Waals surface area (Å²) in [6.07, 6.45) is -1.83. The van der Waals surface area contributed by atoms with Gasteiger partial charge in [0.2, 0.25) is 5.76 Å². The number of carbonyl (C=O) groups is 2. The molecule has 248 valence electrons. The number of halogens is 3. The number of rotatable bonds is 6. The van der Waals surface area contributed by atoms with Crippen molar-refractivity contribution in [2.45, 2.75) is 82.2 Å². The standard InChI is InChI=1S/C32H40F3N7O4/c1-5-18-12-24(36)41-26-21(13-38-27(43)17-11-23(46-15-17)32(33,34)35)40-29(37)42-14-22(16(2)31(18,26)42)39-28(44)19-7-6-8-20-25(19)45-10-9-30(20,3)4/h6-8,11,15-16,18,21-22,26H,5,9-10,12-14H2,1-4H3,(H2,36,41)(H2,37,40)(H,38,43)(H,39,44)/t16?,18?,21-,22-,26?,31?/m0/s1. The normalized spacial score (nSPS) is 29.8. The summed E-state index contributed by atoms with van der Waals surface area (Å²) in [5.41, 5.74) is 13.4. The average molecular weight is 644 g/mol. The Labute approximate surface area is 265 Å². The van der Waals surface area contributed by atoms with Crippen molar-refractivity contribution in [3.63, 3.8) is 0 Å². The largest absolute Gasteiger partial charge is 0.492 e. The maximum atomic E-state index is 13.9. The number of guanidine groups is 1. The van der Waals surface area contributed by atoms with Gasteiger partial charge in [0.25, 0.3) is 11.8 Å². The second kappa shape index (κ2) is 11.2. The molecule has 0 bridgehead atoms. The van der Waals surface area contributed by atoms with Gasteiger partial charge in [-0.25, -0.2) is 4.99 Å². The molecule has 11 nitrogen and oxygen atoms in total. The third-order valence-corrected chi connectivity index (χ3v) is 10.4. The van der Waals surface area contributed by atoms with Gasteiger partial charge >= 0.3 is 6.18 Å². The van der Waals surface area contributed by atoms with E-state index in [0.29, 0.717) is 42.8 Å². The fraction of sp³-hybridized carbons (Fsp3) is 0.562. The van der Waals surface area contributed by atoms with E-state index in [0.717, 1.165) is 24.7 Å². The van der Waals surface area contributed by atoms with E-state index in [-0.39, 0.29) is 47.3 Å². The quantitative estimate of drug-likeness (QED) is 0.375. The second-order valence-corrected chi connectivity index (χ2v) is 13.4. The van der Waals surface area contributed by atoms with Gasteiger partial charge < -0.3 is 36.2 Å². The molecule has 0 radical (unpaired) electrons. The molecule has 4 aliphatic rings. The highest BCUT2D eigenvalue weighted by Crippen LogP contribution is 2.52. The summed E-state index contributed by atoms with van der Waals surface area (Å²) in [6, 6.07) is 4.78. The van der Waals surface area contributed by atoms with Crippen LogP contribution in [0.25, 0.3) is 0 Å². The smallest absolute Gasteiger partial charge is 0.449 e. The van der Waals surface area contributed by atoms with Crippen molar-refractivity contribution in [1.82, 2.24) is 15.5 Å². The number of nitrogens with two attached hydrogens (primary N) is 2. The molecule has 14 heteroatoms. The molecule has 1 spiro atoms. The number of aliphatic imine (C=N–C) groups is 2. The number of nitrogens with zero attached hydrogens (tertiary/aromatic N) is 3. The van der Waals surface area contributed by atoms with Crippen LogP contribution < -0.4 is 26.8 Å². The van der Waals surface area contributed by atoms with Crippen molar-refractivity contribution in [3.05, 3.63) is 53.0 Å². The van der Waals surface area contributed by atoms with Crippen LogP contribution in [0.1, 0.15) is 79.0 Å². The number of hydrogen-bond acceptors (Lipinski definition) is 9. The summed E-state index contributed by atoms with van der Waals surface area (Å²) in [5.74, 6) is -1.12. The van der Waals surface area contributed by atoms with Gasteiger partial charge in [-0.3, -0.25) is 14.6 Å². The Bertz CT molecular complexity index is 1600. The summed E-state index contributed by atoms with van der Waals surface area (Å²) < 4.78 is 49.7. The van der Waals surface area contributed by atoms with Crippen molar-refractivity contribution in [2.75, 3.05) is 19.7 Å². The highest BCUT2D eigenvalue weighted by molar-refractivity contribution is 5.98. The lowest BCUT2D eigenvalue weighted by Crippen LogP contribution is -2.71. The minimum atomic E-state index is -4.71. The molecule has 4 unspecified atom stereocenters. The Kier molecular flexibility index (Phi) is 7.75. The Balaban J connectivity index is 1.28. The van der Waals surface area contributed by atoms with Crippen LogP contribution in [-0.2, 0) is 11.6 Å². The first-order valence-corrected chi connectivity index (χ1v) is 15.6. The fourth-order valence-corrected chi connectivity index (χ4v) is 7.99. The first-order valence-electron chi connectivity index (χ1n) is 15.6. The highest BCUT2D eigenvalue weighted by atomic mass is 19.4. The number of alkyl halides is 3. The number of para-hydroxylation sites is 1. The van der Waals surface area contributed by atoms with Crippen LogP contribution in [-0.4, -0.2) is 71.9 Å². The molecule has 1 aromatic carbocycles. The molecule has 1 fully saturated rings. The van der Waals surface area contributed by atoms with Gasteiger partial charge in [-0.1, -0.05) is 46.2 Å². The van der Waals surface area contributed by atoms with Crippen molar-refractivity contribution in [1.29, 1.82) is 0 Å². The Morgan fingerprint density at radius 1 is 1.17 bits per heavy atom. The molecule has 4 aliphatic heterocycles. The van der Waals surface area contributed by atoms with E-state index < -0.39 is 35.5 Å². The lowest BCUT2D eigenvalue weighted by molar-refractivity contribution is -0.153. The molecule has 46 heavy (non-hydrogen) atoms. The van der Waals surface area contributed by atoms with Gasteiger partial charge in [-0.05, 0) is 23.8 Å². The number of carbonyl (C=O) groups excluding carboxylic acids is 2. The van der Waals surface area contributed by atoms with E-state index in [2.05, 4.69) is 42.7 Å². The van der Waals surface area contributed by atoms with Crippen molar-refractivity contribution < 1.29 is 31.9 Å². The van der Waals surface area contributed by atoms with Crippen LogP contribution in [0.15, 0.2) is 44.9 Å². The molecule has 6 atom stereocenters. The number of fused-ring (bicyclic) bond motifs is 1. The van der Waals surface area contributed by atoms with Gasteiger partial charge in [0.05, 0.1) is 47.2 Å². The third-order valence-electron chi connectivity index (χ3n) is 10.4. The van der Waals surface area contributed by atoms with Crippen LogP contribution in [0, 0.1) is 11.8 Å². The molecular formula is C32H40F3N7O4. The maximum absolute atomic E-state index is 13.9. The van der Waals surface area contributed by atoms with Crippen LogP contribution in [0.3, 0.4) is 0 Å². The zero-order valence-electron chi connectivity index (χ0n) is 26.3. The molecule has 2 amide bonds. The van der Waals surface area contributed by atoms with E-state index in [1.165, 1.54) is 0 Å². The number of furan rings is 1. The number of hydrogen-bond donors (Lipinski definition) is 4. The average Bonchev–Trinajstić information content (AvgIpc) is 3.61. The van der Waals surface area contributed by atoms with Crippen LogP contribution in [0.4, 0.5) is 13.2 Å². The third kappa shape index (κ3) is 5.05. The monoisotopic (exact) mass is 643 g/mol. The first-order chi connectivity index (χ1) is 21.7. The Morgan fingerprint density at radius 2 is 1.93 bits per heavy atom. The minimum absolute atomic E-state index is 0.00371. The fourth-order valence-electron chi connectivity index (χ4n) is 7.99. The summed E-state index contributed by atoms with van der Waals surface area (Å²) in [5, 5.41) is 5.95. The molecule has 0 saturated carbocycles. The molecule has 1 saturated heterocycles. The van der Waals surface area contributed by atoms with E-state index in [9.17, 15) is 22.8 Å². The summed E-state index contributed by atoms with van der Waals surface area (Å²) in [4.78, 5) is 38.3. The number of ether oxygens (including phenoxy) is 1. The molecule has 0 aliphatic carbocycles. The molecule has 2 aromatic rings. The van der Waals surface area contributed by atoms with Gasteiger partial charge in [0.1, 0.15) is 12.0 Å². The number of amidine groups is 1. The van der Waals surface area contributed by atoms with Gasteiger partial charge in [0.15, 0.2) is 5.96 Å². The van der Waals surface area contributed by atoms with Crippen LogP contribution in [0.2, 0.25) is 0 Å². The van der Waals surface area contributed by atoms with Gasteiger partial charge in [-0.2, -0.15) is 13.2 Å². The van der Waals surface area contributed by atoms with E-state index in [1.807, 2.05) is 17.0 Å². The molecular weight excluding hydrogens is 603 g/mol. The molecule has 1 aromatic heterocycles. The second-order valence-electron chi connectivity index (χ2n) is 13.4. The predicted octanol–water partition coefficient (Wildman–Crippen LogP) is 3.43. The Morgan fingerprint density at radius 3 is 2.63 bits per heavy atom.